The van der Waals surface area contributed by atoms with Gasteiger partial charge in [0, 0.05) is 9.90 Å². The Bertz CT molecular complexity index is 649. The van der Waals surface area contributed by atoms with E-state index in [4.69, 9.17) is 23.8 Å². The Labute approximate surface area is 137 Å². The Morgan fingerprint density at radius 3 is 2.67 bits per heavy atom. The molecule has 0 fully saturated rings. The molecule has 1 aliphatic rings. The van der Waals surface area contributed by atoms with Crippen molar-refractivity contribution in [1.82, 2.24) is 0 Å². The van der Waals surface area contributed by atoms with Crippen molar-refractivity contribution >= 4 is 28.7 Å². The first-order valence-corrected chi connectivity index (χ1v) is 7.81. The first-order valence-electron chi connectivity index (χ1n) is 7.03. The third-order valence-electron chi connectivity index (χ3n) is 3.83. The molecule has 21 heavy (non-hydrogen) atoms. The molecule has 0 N–H and O–H groups in total. The van der Waals surface area contributed by atoms with Gasteiger partial charge in [-0.3, -0.25) is 0 Å². The molecule has 0 amide bonds. The van der Waals surface area contributed by atoms with Crippen LogP contribution in [-0.2, 0) is 6.42 Å². The molecule has 0 heterocycles. The molecule has 0 bridgehead atoms. The Balaban J connectivity index is 2.36. The summed E-state index contributed by atoms with van der Waals surface area (Å²) in [6.45, 7) is 9.69. The highest BCUT2D eigenvalue weighted by Gasteiger charge is 2.25. The van der Waals surface area contributed by atoms with Crippen LogP contribution in [0.2, 0.25) is 0 Å². The summed E-state index contributed by atoms with van der Waals surface area (Å²) in [6, 6.07) is 8.41. The SMILES string of the molecule is C=CC(=C/C(=C)Cl)/C(=C\C)C1CC(=S)c2ccccc2C1. The van der Waals surface area contributed by atoms with Crippen molar-refractivity contribution in [2.24, 2.45) is 5.92 Å². The average Bonchev–Trinajstić information content (AvgIpc) is 2.46. The van der Waals surface area contributed by atoms with Gasteiger partial charge in [0.05, 0.1) is 0 Å². The van der Waals surface area contributed by atoms with Crippen molar-refractivity contribution in [3.8, 4) is 0 Å². The number of halogens is 1. The third kappa shape index (κ3) is 3.61. The Kier molecular flexibility index (Phi) is 5.33. The lowest BCUT2D eigenvalue weighted by molar-refractivity contribution is 0.633. The molecule has 0 nitrogen and oxygen atoms in total. The van der Waals surface area contributed by atoms with E-state index >= 15 is 0 Å². The minimum atomic E-state index is 0.373. The first kappa shape index (κ1) is 15.9. The fourth-order valence-electron chi connectivity index (χ4n) is 2.93. The van der Waals surface area contributed by atoms with Crippen LogP contribution in [-0.4, -0.2) is 4.86 Å². The summed E-state index contributed by atoms with van der Waals surface area (Å²) in [4.78, 5) is 1.04. The zero-order valence-corrected chi connectivity index (χ0v) is 13.8. The van der Waals surface area contributed by atoms with E-state index in [1.165, 1.54) is 16.7 Å². The van der Waals surface area contributed by atoms with E-state index in [2.05, 4.69) is 43.5 Å². The van der Waals surface area contributed by atoms with Gasteiger partial charge in [0.25, 0.3) is 0 Å². The maximum absolute atomic E-state index is 5.93. The van der Waals surface area contributed by atoms with Gasteiger partial charge in [-0.2, -0.15) is 0 Å². The van der Waals surface area contributed by atoms with Crippen LogP contribution < -0.4 is 0 Å². The quantitative estimate of drug-likeness (QED) is 0.501. The fourth-order valence-corrected chi connectivity index (χ4v) is 3.45. The Morgan fingerprint density at radius 1 is 1.33 bits per heavy atom. The van der Waals surface area contributed by atoms with Gasteiger partial charge >= 0.3 is 0 Å². The highest BCUT2D eigenvalue weighted by molar-refractivity contribution is 7.80. The number of benzene rings is 1. The van der Waals surface area contributed by atoms with Crippen molar-refractivity contribution in [2.45, 2.75) is 19.8 Å². The van der Waals surface area contributed by atoms with Gasteiger partial charge in [0.15, 0.2) is 0 Å². The van der Waals surface area contributed by atoms with Gasteiger partial charge in [-0.15, -0.1) is 0 Å². The van der Waals surface area contributed by atoms with E-state index in [0.717, 1.165) is 23.3 Å². The third-order valence-corrected chi connectivity index (χ3v) is 4.33. The topological polar surface area (TPSA) is 0 Å². The zero-order chi connectivity index (χ0) is 15.4. The van der Waals surface area contributed by atoms with Crippen LogP contribution in [0.5, 0.6) is 0 Å². The second-order valence-corrected chi connectivity index (χ2v) is 6.16. The van der Waals surface area contributed by atoms with Crippen molar-refractivity contribution in [3.05, 3.63) is 83.0 Å². The summed E-state index contributed by atoms with van der Waals surface area (Å²) in [5, 5.41) is 0.517. The number of allylic oxidation sites excluding steroid dienone is 6. The molecule has 0 saturated carbocycles. The maximum atomic E-state index is 5.93. The van der Waals surface area contributed by atoms with Crippen LogP contribution in [0.3, 0.4) is 0 Å². The fraction of sp³-hybridized carbons (Fsp3) is 0.211. The van der Waals surface area contributed by atoms with Crippen LogP contribution in [0.4, 0.5) is 0 Å². The van der Waals surface area contributed by atoms with Crippen molar-refractivity contribution in [3.63, 3.8) is 0 Å². The van der Waals surface area contributed by atoms with Gasteiger partial charge in [-0.25, -0.2) is 0 Å². The predicted molar refractivity (Wildman–Crippen MR) is 97.0 cm³/mol. The number of thiocarbonyl (C=S) groups is 1. The molecule has 1 unspecified atom stereocenters. The molecule has 0 aromatic heterocycles. The van der Waals surface area contributed by atoms with Crippen LogP contribution in [0.25, 0.3) is 0 Å². The summed E-state index contributed by atoms with van der Waals surface area (Å²) in [5.41, 5.74) is 4.82. The van der Waals surface area contributed by atoms with Crippen molar-refractivity contribution in [2.75, 3.05) is 0 Å². The predicted octanol–water partition coefficient (Wildman–Crippen LogP) is 5.78. The largest absolute Gasteiger partial charge is 0.0985 e. The minimum absolute atomic E-state index is 0.373. The Morgan fingerprint density at radius 2 is 2.05 bits per heavy atom. The van der Waals surface area contributed by atoms with E-state index in [-0.39, 0.29) is 0 Å². The van der Waals surface area contributed by atoms with Crippen LogP contribution in [0, 0.1) is 5.92 Å². The number of fused-ring (bicyclic) bond motifs is 1. The van der Waals surface area contributed by atoms with Crippen molar-refractivity contribution in [1.29, 1.82) is 0 Å². The smallest absolute Gasteiger partial charge is 0.0340 e. The molecule has 0 aliphatic heterocycles. The van der Waals surface area contributed by atoms with Gasteiger partial charge in [0.1, 0.15) is 0 Å². The van der Waals surface area contributed by atoms with E-state index in [1.807, 2.05) is 19.1 Å². The maximum Gasteiger partial charge on any atom is 0.0340 e. The minimum Gasteiger partial charge on any atom is -0.0985 e. The van der Waals surface area contributed by atoms with E-state index in [9.17, 15) is 0 Å². The molecule has 1 aliphatic carbocycles. The highest BCUT2D eigenvalue weighted by Crippen LogP contribution is 2.34. The van der Waals surface area contributed by atoms with Gasteiger partial charge in [-0.1, -0.05) is 73.4 Å². The molecular formula is C19H19ClS. The normalized spacial score (nSPS) is 19.1. The van der Waals surface area contributed by atoms with Crippen molar-refractivity contribution < 1.29 is 0 Å². The first-order chi connectivity index (χ1) is 10.1. The molecule has 2 rings (SSSR count). The second-order valence-electron chi connectivity index (χ2n) is 5.18. The molecule has 2 heteroatoms. The monoisotopic (exact) mass is 314 g/mol. The van der Waals surface area contributed by atoms with Crippen LogP contribution in [0.1, 0.15) is 24.5 Å². The summed E-state index contributed by atoms with van der Waals surface area (Å²) in [7, 11) is 0. The number of rotatable bonds is 4. The lowest BCUT2D eigenvalue weighted by atomic mass is 9.77. The summed E-state index contributed by atoms with van der Waals surface area (Å²) >= 11 is 11.5. The van der Waals surface area contributed by atoms with Gasteiger partial charge in [-0.05, 0) is 54.0 Å². The van der Waals surface area contributed by atoms with E-state index in [0.29, 0.717) is 11.0 Å². The standard InChI is InChI=1S/C19H19ClS/c1-4-14(10-13(3)20)17(5-2)16-11-15-8-6-7-9-18(15)19(21)12-16/h4-10,16H,1,3,11-12H2,2H3/b14-10-,17-5+. The molecule has 108 valence electrons. The second kappa shape index (κ2) is 7.02. The molecule has 1 aromatic carbocycles. The Hall–Kier alpha value is -1.44. The molecule has 0 spiro atoms. The highest BCUT2D eigenvalue weighted by atomic mass is 35.5. The zero-order valence-electron chi connectivity index (χ0n) is 12.2. The number of hydrogen-bond donors (Lipinski definition) is 0. The average molecular weight is 315 g/mol. The molecule has 0 radical (unpaired) electrons. The molecule has 1 atom stereocenters. The van der Waals surface area contributed by atoms with E-state index < -0.39 is 0 Å². The molecule has 1 aromatic rings. The molecular weight excluding hydrogens is 296 g/mol. The van der Waals surface area contributed by atoms with Crippen LogP contribution in [0.15, 0.2) is 71.8 Å². The molecule has 0 saturated heterocycles. The van der Waals surface area contributed by atoms with E-state index in [1.54, 1.807) is 0 Å². The number of hydrogen-bond acceptors (Lipinski definition) is 1. The summed E-state index contributed by atoms with van der Waals surface area (Å²) in [6.07, 6.45) is 7.73. The summed E-state index contributed by atoms with van der Waals surface area (Å²) < 4.78 is 0. The summed E-state index contributed by atoms with van der Waals surface area (Å²) in [5.74, 6) is 0.373. The van der Waals surface area contributed by atoms with Gasteiger partial charge in [0.2, 0.25) is 0 Å². The van der Waals surface area contributed by atoms with Gasteiger partial charge < -0.3 is 0 Å². The lowest BCUT2D eigenvalue weighted by Crippen LogP contribution is -2.21. The lowest BCUT2D eigenvalue weighted by Gasteiger charge is -2.28. The van der Waals surface area contributed by atoms with Crippen LogP contribution >= 0.6 is 23.8 Å².